The lowest BCUT2D eigenvalue weighted by molar-refractivity contribution is -0.169. The maximum atomic E-state index is 12.0. The van der Waals surface area contributed by atoms with E-state index >= 15 is 0 Å². The van der Waals surface area contributed by atoms with Crippen molar-refractivity contribution in [3.63, 3.8) is 0 Å². The Hall–Kier alpha value is -1.38. The van der Waals surface area contributed by atoms with Gasteiger partial charge in [-0.15, -0.1) is 0 Å². The molecule has 4 fully saturated rings. The molecule has 9 atom stereocenters. The summed E-state index contributed by atoms with van der Waals surface area (Å²) in [5.74, 6) is 4.90. The molecule has 6 aliphatic rings. The SMILES string of the molecule is C[C@H]1CC2=CC(=O)CC[C@@H]2C2CC[C@@]3(C)C(C21)[C@@H]1C[C@@H]1[C@@]31C=CC(=O)O1. The van der Waals surface area contributed by atoms with E-state index < -0.39 is 0 Å². The Balaban J connectivity index is 1.41. The van der Waals surface area contributed by atoms with Gasteiger partial charge in [0.05, 0.1) is 0 Å². The number of allylic oxidation sites excluding steroid dienone is 1. The Bertz CT molecular complexity index is 778. The summed E-state index contributed by atoms with van der Waals surface area (Å²) in [5, 5.41) is 0. The summed E-state index contributed by atoms with van der Waals surface area (Å²) >= 11 is 0. The van der Waals surface area contributed by atoms with Crippen molar-refractivity contribution < 1.29 is 14.3 Å². The Morgan fingerprint density at radius 3 is 2.81 bits per heavy atom. The average Bonchev–Trinajstić information content (AvgIpc) is 3.24. The van der Waals surface area contributed by atoms with Crippen LogP contribution in [0, 0.1) is 46.8 Å². The molecular formula is C23H28O3. The Morgan fingerprint density at radius 1 is 1.19 bits per heavy atom. The number of ketones is 1. The first-order chi connectivity index (χ1) is 12.4. The monoisotopic (exact) mass is 352 g/mol. The van der Waals surface area contributed by atoms with Gasteiger partial charge in [0.2, 0.25) is 0 Å². The third kappa shape index (κ3) is 1.67. The molecule has 138 valence electrons. The molecule has 0 radical (unpaired) electrons. The smallest absolute Gasteiger partial charge is 0.331 e. The van der Waals surface area contributed by atoms with E-state index in [1.807, 2.05) is 6.08 Å². The van der Waals surface area contributed by atoms with Crippen LogP contribution in [-0.4, -0.2) is 17.4 Å². The largest absolute Gasteiger partial charge is 0.451 e. The summed E-state index contributed by atoms with van der Waals surface area (Å²) in [4.78, 5) is 23.9. The topological polar surface area (TPSA) is 43.4 Å². The molecule has 0 bridgehead atoms. The maximum Gasteiger partial charge on any atom is 0.331 e. The fourth-order valence-electron chi connectivity index (χ4n) is 8.51. The fourth-order valence-corrected chi connectivity index (χ4v) is 8.51. The van der Waals surface area contributed by atoms with Crippen LogP contribution in [-0.2, 0) is 14.3 Å². The molecule has 5 aliphatic carbocycles. The summed E-state index contributed by atoms with van der Waals surface area (Å²) in [6.45, 7) is 4.84. The van der Waals surface area contributed by atoms with E-state index in [0.29, 0.717) is 29.5 Å². The number of fused-ring (bicyclic) bond motifs is 9. The van der Waals surface area contributed by atoms with Crippen molar-refractivity contribution in [1.82, 2.24) is 0 Å². The average molecular weight is 352 g/mol. The quantitative estimate of drug-likeness (QED) is 0.617. The van der Waals surface area contributed by atoms with Crippen molar-refractivity contribution in [2.45, 2.75) is 58.0 Å². The van der Waals surface area contributed by atoms with E-state index in [2.05, 4.69) is 19.9 Å². The molecule has 3 nitrogen and oxygen atoms in total. The Labute approximate surface area is 155 Å². The Kier molecular flexibility index (Phi) is 2.84. The fraction of sp³-hybridized carbons (Fsp3) is 0.739. The summed E-state index contributed by atoms with van der Waals surface area (Å²) < 4.78 is 6.07. The third-order valence-electron chi connectivity index (χ3n) is 9.38. The van der Waals surface area contributed by atoms with E-state index in [0.717, 1.165) is 43.4 Å². The van der Waals surface area contributed by atoms with Crippen LogP contribution >= 0.6 is 0 Å². The molecule has 6 rings (SSSR count). The zero-order valence-electron chi connectivity index (χ0n) is 15.7. The first kappa shape index (κ1) is 15.7. The van der Waals surface area contributed by atoms with E-state index in [1.54, 1.807) is 6.08 Å². The van der Waals surface area contributed by atoms with Crippen LogP contribution in [0.2, 0.25) is 0 Å². The number of esters is 1. The predicted octanol–water partition coefficient (Wildman–Crippen LogP) is 4.08. The highest BCUT2D eigenvalue weighted by atomic mass is 16.6. The summed E-state index contributed by atoms with van der Waals surface area (Å²) in [6, 6.07) is 0. The number of carbonyl (C=O) groups is 2. The van der Waals surface area contributed by atoms with Crippen molar-refractivity contribution in [2.24, 2.45) is 46.8 Å². The molecule has 0 aromatic heterocycles. The number of rotatable bonds is 0. The number of ether oxygens (including phenoxy) is 1. The van der Waals surface area contributed by atoms with Crippen molar-refractivity contribution in [3.05, 3.63) is 23.8 Å². The van der Waals surface area contributed by atoms with Gasteiger partial charge in [-0.25, -0.2) is 4.79 Å². The van der Waals surface area contributed by atoms with Gasteiger partial charge in [0, 0.05) is 23.8 Å². The number of hydrogen-bond donors (Lipinski definition) is 0. The van der Waals surface area contributed by atoms with Gasteiger partial charge in [-0.2, -0.15) is 0 Å². The molecule has 1 aliphatic heterocycles. The highest BCUT2D eigenvalue weighted by molar-refractivity contribution is 5.91. The molecule has 4 saturated carbocycles. The molecule has 0 aromatic carbocycles. The van der Waals surface area contributed by atoms with Gasteiger partial charge < -0.3 is 4.74 Å². The molecule has 1 spiro atoms. The molecule has 3 heteroatoms. The van der Waals surface area contributed by atoms with Gasteiger partial charge in [-0.1, -0.05) is 19.4 Å². The molecule has 3 unspecified atom stereocenters. The minimum atomic E-state index is -0.317. The van der Waals surface area contributed by atoms with Crippen molar-refractivity contribution >= 4 is 11.8 Å². The highest BCUT2D eigenvalue weighted by Crippen LogP contribution is 2.78. The van der Waals surface area contributed by atoms with Gasteiger partial charge in [-0.3, -0.25) is 4.79 Å². The standard InChI is InChI=1S/C23H28O3/c1-12-9-13-10-14(24)3-4-15(13)16-5-7-22(2)21(20(12)16)17-11-18(17)23(22)8-6-19(25)26-23/h6,8,10,12,15-18,20-21H,3-5,7,9,11H2,1-2H3/t12-,15-,16?,17+,18-,20?,21?,22-,23-/m0/s1. The zero-order chi connectivity index (χ0) is 17.8. The minimum Gasteiger partial charge on any atom is -0.451 e. The first-order valence-corrected chi connectivity index (χ1v) is 10.6. The van der Waals surface area contributed by atoms with Gasteiger partial charge in [0.1, 0.15) is 5.60 Å². The van der Waals surface area contributed by atoms with Gasteiger partial charge in [0.15, 0.2) is 5.78 Å². The third-order valence-corrected chi connectivity index (χ3v) is 9.38. The Morgan fingerprint density at radius 2 is 2.04 bits per heavy atom. The molecular weight excluding hydrogens is 324 g/mol. The molecule has 0 amide bonds. The first-order valence-electron chi connectivity index (χ1n) is 10.6. The molecule has 1 heterocycles. The summed E-state index contributed by atoms with van der Waals surface area (Å²) in [7, 11) is 0. The van der Waals surface area contributed by atoms with E-state index in [9.17, 15) is 9.59 Å². The zero-order valence-corrected chi connectivity index (χ0v) is 15.7. The van der Waals surface area contributed by atoms with Crippen LogP contribution in [0.4, 0.5) is 0 Å². The van der Waals surface area contributed by atoms with Crippen LogP contribution in [0.5, 0.6) is 0 Å². The molecule has 0 saturated heterocycles. The van der Waals surface area contributed by atoms with E-state index in [4.69, 9.17) is 4.74 Å². The number of carbonyl (C=O) groups excluding carboxylic acids is 2. The molecule has 0 aromatic rings. The van der Waals surface area contributed by atoms with Crippen molar-refractivity contribution in [2.75, 3.05) is 0 Å². The lowest BCUT2D eigenvalue weighted by Gasteiger charge is -2.58. The minimum absolute atomic E-state index is 0.102. The van der Waals surface area contributed by atoms with Gasteiger partial charge >= 0.3 is 5.97 Å². The lowest BCUT2D eigenvalue weighted by Crippen LogP contribution is -2.56. The van der Waals surface area contributed by atoms with Crippen LogP contribution < -0.4 is 0 Å². The summed E-state index contributed by atoms with van der Waals surface area (Å²) in [6.07, 6.45) is 12.3. The van der Waals surface area contributed by atoms with Gasteiger partial charge in [0.25, 0.3) is 0 Å². The second kappa shape index (κ2) is 4.72. The second-order valence-electron chi connectivity index (χ2n) is 10.3. The van der Waals surface area contributed by atoms with Crippen LogP contribution in [0.1, 0.15) is 52.4 Å². The van der Waals surface area contributed by atoms with E-state index in [-0.39, 0.29) is 17.0 Å². The van der Waals surface area contributed by atoms with Gasteiger partial charge in [-0.05, 0) is 79.8 Å². The maximum absolute atomic E-state index is 12.0. The summed E-state index contributed by atoms with van der Waals surface area (Å²) in [5.41, 5.74) is 1.23. The van der Waals surface area contributed by atoms with Crippen LogP contribution in [0.25, 0.3) is 0 Å². The second-order valence-corrected chi connectivity index (χ2v) is 10.3. The van der Waals surface area contributed by atoms with Crippen molar-refractivity contribution in [1.29, 1.82) is 0 Å². The van der Waals surface area contributed by atoms with Crippen LogP contribution in [0.15, 0.2) is 23.8 Å². The van der Waals surface area contributed by atoms with Crippen molar-refractivity contribution in [3.8, 4) is 0 Å². The predicted molar refractivity (Wildman–Crippen MR) is 97.0 cm³/mol. The van der Waals surface area contributed by atoms with Crippen LogP contribution in [0.3, 0.4) is 0 Å². The highest BCUT2D eigenvalue weighted by Gasteiger charge is 2.78. The normalized spacial score (nSPS) is 56.4. The molecule has 0 N–H and O–H groups in total. The molecule has 26 heavy (non-hydrogen) atoms. The lowest BCUT2D eigenvalue weighted by atomic mass is 9.47. The van der Waals surface area contributed by atoms with E-state index in [1.165, 1.54) is 18.4 Å². The number of hydrogen-bond acceptors (Lipinski definition) is 3.